The molecular formula is C19H31N3O2. The number of nitrogens with zero attached hydrogens (tertiary/aromatic N) is 1. The molecule has 1 aromatic carbocycles. The molecule has 1 fully saturated rings. The van der Waals surface area contributed by atoms with Crippen molar-refractivity contribution in [3.05, 3.63) is 35.4 Å². The molecule has 0 aromatic heterocycles. The van der Waals surface area contributed by atoms with E-state index in [0.29, 0.717) is 5.92 Å². The van der Waals surface area contributed by atoms with Gasteiger partial charge in [0.25, 0.3) is 0 Å². The Morgan fingerprint density at radius 3 is 2.79 bits per heavy atom. The van der Waals surface area contributed by atoms with E-state index in [2.05, 4.69) is 46.8 Å². The summed E-state index contributed by atoms with van der Waals surface area (Å²) in [6.45, 7) is 7.20. The zero-order chi connectivity index (χ0) is 17.0. The van der Waals surface area contributed by atoms with Gasteiger partial charge in [-0.15, -0.1) is 0 Å². The molecule has 0 unspecified atom stereocenters. The number of hydrogen-bond acceptors (Lipinski definition) is 3. The number of benzene rings is 1. The van der Waals surface area contributed by atoms with Crippen molar-refractivity contribution in [3.63, 3.8) is 0 Å². The summed E-state index contributed by atoms with van der Waals surface area (Å²) in [4.78, 5) is 4.26. The molecule has 1 saturated heterocycles. The fourth-order valence-corrected chi connectivity index (χ4v) is 2.75. The van der Waals surface area contributed by atoms with Crippen LogP contribution in [0.4, 0.5) is 0 Å². The molecule has 2 N–H and O–H groups in total. The van der Waals surface area contributed by atoms with Crippen LogP contribution in [0.15, 0.2) is 29.3 Å². The van der Waals surface area contributed by atoms with Gasteiger partial charge in [-0.25, -0.2) is 0 Å². The third-order valence-corrected chi connectivity index (χ3v) is 4.38. The van der Waals surface area contributed by atoms with E-state index in [0.717, 1.165) is 64.7 Å². The predicted molar refractivity (Wildman–Crippen MR) is 98.4 cm³/mol. The molecule has 1 aromatic rings. The van der Waals surface area contributed by atoms with Crippen LogP contribution in [-0.4, -0.2) is 46.0 Å². The second-order valence-corrected chi connectivity index (χ2v) is 6.26. The average Bonchev–Trinajstić information content (AvgIpc) is 2.62. The van der Waals surface area contributed by atoms with Gasteiger partial charge < -0.3 is 20.1 Å². The smallest absolute Gasteiger partial charge is 0.191 e. The molecule has 0 aliphatic carbocycles. The van der Waals surface area contributed by atoms with Crippen LogP contribution < -0.4 is 10.6 Å². The third-order valence-electron chi connectivity index (χ3n) is 4.38. The quantitative estimate of drug-likeness (QED) is 0.436. The summed E-state index contributed by atoms with van der Waals surface area (Å²) in [6, 6.07) is 8.39. The minimum atomic E-state index is 0.676. The molecule has 0 radical (unpaired) electrons. The highest BCUT2D eigenvalue weighted by Gasteiger charge is 2.13. The van der Waals surface area contributed by atoms with Crippen molar-refractivity contribution in [1.82, 2.24) is 10.6 Å². The SMILES string of the molecule is CN=C(NCCCOCC1CCOCC1)NCc1ccccc1C. The Balaban J connectivity index is 1.54. The Morgan fingerprint density at radius 2 is 2.04 bits per heavy atom. The lowest BCUT2D eigenvalue weighted by Gasteiger charge is -2.21. The molecule has 5 nitrogen and oxygen atoms in total. The van der Waals surface area contributed by atoms with Gasteiger partial charge in [-0.05, 0) is 43.2 Å². The standard InChI is InChI=1S/C19H31N3O2/c1-16-6-3-4-7-18(16)14-22-19(20-2)21-10-5-11-24-15-17-8-12-23-13-9-17/h3-4,6-7,17H,5,8-15H2,1-2H3,(H2,20,21,22). The van der Waals surface area contributed by atoms with Crippen molar-refractivity contribution < 1.29 is 9.47 Å². The highest BCUT2D eigenvalue weighted by atomic mass is 16.5. The monoisotopic (exact) mass is 333 g/mol. The Kier molecular flexibility index (Phi) is 8.63. The first-order valence-corrected chi connectivity index (χ1v) is 8.94. The largest absolute Gasteiger partial charge is 0.381 e. The number of aryl methyl sites for hydroxylation is 1. The van der Waals surface area contributed by atoms with E-state index >= 15 is 0 Å². The van der Waals surface area contributed by atoms with Crippen molar-refractivity contribution in [2.24, 2.45) is 10.9 Å². The molecule has 1 heterocycles. The lowest BCUT2D eigenvalue weighted by atomic mass is 10.0. The van der Waals surface area contributed by atoms with Gasteiger partial charge in [-0.2, -0.15) is 0 Å². The highest BCUT2D eigenvalue weighted by molar-refractivity contribution is 5.79. The molecule has 5 heteroatoms. The number of rotatable bonds is 8. The van der Waals surface area contributed by atoms with Crippen molar-refractivity contribution in [1.29, 1.82) is 0 Å². The Labute approximate surface area is 145 Å². The summed E-state index contributed by atoms with van der Waals surface area (Å²) in [5.74, 6) is 1.51. The fraction of sp³-hybridized carbons (Fsp3) is 0.632. The molecule has 1 aliphatic rings. The van der Waals surface area contributed by atoms with Gasteiger partial charge in [0.1, 0.15) is 0 Å². The Hall–Kier alpha value is -1.59. The van der Waals surface area contributed by atoms with Gasteiger partial charge >= 0.3 is 0 Å². The second-order valence-electron chi connectivity index (χ2n) is 6.26. The first kappa shape index (κ1) is 18.7. The molecule has 134 valence electrons. The number of aliphatic imine (C=N–C) groups is 1. The Bertz CT molecular complexity index is 499. The van der Waals surface area contributed by atoms with E-state index in [1.807, 2.05) is 0 Å². The molecular weight excluding hydrogens is 302 g/mol. The molecule has 0 atom stereocenters. The van der Waals surface area contributed by atoms with E-state index in [1.54, 1.807) is 7.05 Å². The molecule has 2 rings (SSSR count). The van der Waals surface area contributed by atoms with Crippen molar-refractivity contribution in [3.8, 4) is 0 Å². The minimum absolute atomic E-state index is 0.676. The van der Waals surface area contributed by atoms with E-state index in [-0.39, 0.29) is 0 Å². The number of ether oxygens (including phenoxy) is 2. The first-order chi connectivity index (χ1) is 11.8. The Morgan fingerprint density at radius 1 is 1.25 bits per heavy atom. The van der Waals surface area contributed by atoms with Gasteiger partial charge in [0.15, 0.2) is 5.96 Å². The topological polar surface area (TPSA) is 54.9 Å². The van der Waals surface area contributed by atoms with Crippen LogP contribution in [0.1, 0.15) is 30.4 Å². The number of nitrogens with one attached hydrogen (secondary N) is 2. The normalized spacial score (nSPS) is 16.2. The first-order valence-electron chi connectivity index (χ1n) is 8.94. The van der Waals surface area contributed by atoms with Gasteiger partial charge in [0.2, 0.25) is 0 Å². The lowest BCUT2D eigenvalue weighted by molar-refractivity contribution is 0.0203. The maximum atomic E-state index is 5.78. The molecule has 0 spiro atoms. The van der Waals surface area contributed by atoms with Crippen LogP contribution in [0.5, 0.6) is 0 Å². The third kappa shape index (κ3) is 6.89. The molecule has 1 aliphatic heterocycles. The molecule has 24 heavy (non-hydrogen) atoms. The van der Waals surface area contributed by atoms with Crippen molar-refractivity contribution in [2.45, 2.75) is 32.7 Å². The zero-order valence-corrected chi connectivity index (χ0v) is 15.0. The van der Waals surface area contributed by atoms with Crippen LogP contribution in [0.25, 0.3) is 0 Å². The summed E-state index contributed by atoms with van der Waals surface area (Å²) in [5.41, 5.74) is 2.59. The lowest BCUT2D eigenvalue weighted by Crippen LogP contribution is -2.37. The summed E-state index contributed by atoms with van der Waals surface area (Å²) in [6.07, 6.45) is 3.25. The van der Waals surface area contributed by atoms with Gasteiger partial charge in [0.05, 0.1) is 0 Å². The van der Waals surface area contributed by atoms with E-state index in [9.17, 15) is 0 Å². The van der Waals surface area contributed by atoms with Gasteiger partial charge in [0, 0.05) is 46.6 Å². The van der Waals surface area contributed by atoms with Gasteiger partial charge in [-0.3, -0.25) is 4.99 Å². The fourth-order valence-electron chi connectivity index (χ4n) is 2.75. The summed E-state index contributed by atoms with van der Waals surface area (Å²) < 4.78 is 11.1. The van der Waals surface area contributed by atoms with Crippen LogP contribution in [-0.2, 0) is 16.0 Å². The van der Waals surface area contributed by atoms with Crippen molar-refractivity contribution >= 4 is 5.96 Å². The van der Waals surface area contributed by atoms with E-state index in [1.165, 1.54) is 11.1 Å². The number of guanidine groups is 1. The number of hydrogen-bond donors (Lipinski definition) is 2. The average molecular weight is 333 g/mol. The molecule has 0 saturated carbocycles. The molecule has 0 amide bonds. The minimum Gasteiger partial charge on any atom is -0.381 e. The van der Waals surface area contributed by atoms with Crippen LogP contribution in [0, 0.1) is 12.8 Å². The highest BCUT2D eigenvalue weighted by Crippen LogP contribution is 2.14. The van der Waals surface area contributed by atoms with E-state index < -0.39 is 0 Å². The summed E-state index contributed by atoms with van der Waals surface area (Å²) in [7, 11) is 1.80. The van der Waals surface area contributed by atoms with Crippen LogP contribution in [0.3, 0.4) is 0 Å². The maximum Gasteiger partial charge on any atom is 0.191 e. The van der Waals surface area contributed by atoms with Gasteiger partial charge in [-0.1, -0.05) is 24.3 Å². The maximum absolute atomic E-state index is 5.78. The zero-order valence-electron chi connectivity index (χ0n) is 15.0. The summed E-state index contributed by atoms with van der Waals surface area (Å²) >= 11 is 0. The second kappa shape index (κ2) is 11.0. The van der Waals surface area contributed by atoms with E-state index in [4.69, 9.17) is 9.47 Å². The van der Waals surface area contributed by atoms with Crippen LogP contribution in [0.2, 0.25) is 0 Å². The van der Waals surface area contributed by atoms with Crippen LogP contribution >= 0.6 is 0 Å². The predicted octanol–water partition coefficient (Wildman–Crippen LogP) is 2.49. The summed E-state index contributed by atoms with van der Waals surface area (Å²) in [5, 5.41) is 6.69. The van der Waals surface area contributed by atoms with Crippen molar-refractivity contribution in [2.75, 3.05) is 40.0 Å². The molecule has 0 bridgehead atoms.